The van der Waals surface area contributed by atoms with Crippen LogP contribution in [0.2, 0.25) is 0 Å². The minimum atomic E-state index is 0.152. The van der Waals surface area contributed by atoms with Crippen LogP contribution >= 0.6 is 11.3 Å². The molecule has 0 bridgehead atoms. The molecular weight excluding hydrogens is 366 g/mol. The lowest BCUT2D eigenvalue weighted by molar-refractivity contribution is -0.127. The van der Waals surface area contributed by atoms with Gasteiger partial charge in [-0.2, -0.15) is 0 Å². The summed E-state index contributed by atoms with van der Waals surface area (Å²) in [7, 11) is 0. The molecule has 1 amide bonds. The Morgan fingerprint density at radius 3 is 2.64 bits per heavy atom. The van der Waals surface area contributed by atoms with Crippen molar-refractivity contribution in [3.05, 3.63) is 23.3 Å². The van der Waals surface area contributed by atoms with E-state index in [4.69, 9.17) is 4.98 Å². The van der Waals surface area contributed by atoms with Crippen LogP contribution in [0.1, 0.15) is 57.1 Å². The van der Waals surface area contributed by atoms with E-state index in [1.54, 1.807) is 11.3 Å². The van der Waals surface area contributed by atoms with Gasteiger partial charge in [-0.25, -0.2) is 4.98 Å². The van der Waals surface area contributed by atoms with Gasteiger partial charge in [0.05, 0.1) is 10.2 Å². The molecule has 1 aliphatic carbocycles. The number of thiazole rings is 1. The fourth-order valence-corrected chi connectivity index (χ4v) is 6.11. The third kappa shape index (κ3) is 3.91. The van der Waals surface area contributed by atoms with E-state index in [9.17, 15) is 4.79 Å². The number of carbonyl (C=O) groups excluding carboxylic acids is 1. The molecule has 0 unspecified atom stereocenters. The minimum absolute atomic E-state index is 0.152. The van der Waals surface area contributed by atoms with E-state index in [1.165, 1.54) is 28.7 Å². The van der Waals surface area contributed by atoms with Gasteiger partial charge < -0.3 is 10.2 Å². The minimum Gasteiger partial charge on any atom is -0.353 e. The van der Waals surface area contributed by atoms with Gasteiger partial charge in [0.2, 0.25) is 5.91 Å². The Morgan fingerprint density at radius 2 is 1.89 bits per heavy atom. The Hall–Kier alpha value is -1.62. The van der Waals surface area contributed by atoms with Crippen LogP contribution < -0.4 is 10.2 Å². The SMILES string of the molecule is Cc1cc(C)c2nc(N3CCC(C(=O)N[C@@H]4CCC[C@H](C)[C@H]4C)CC3)sc2c1. The summed E-state index contributed by atoms with van der Waals surface area (Å²) in [6, 6.07) is 4.80. The number of rotatable bonds is 3. The van der Waals surface area contributed by atoms with Crippen molar-refractivity contribution in [3.8, 4) is 0 Å². The Kier molecular flexibility index (Phi) is 5.64. The highest BCUT2D eigenvalue weighted by Crippen LogP contribution is 2.34. The second kappa shape index (κ2) is 8.02. The molecule has 1 aliphatic heterocycles. The topological polar surface area (TPSA) is 45.2 Å². The van der Waals surface area contributed by atoms with E-state index in [1.807, 2.05) is 0 Å². The van der Waals surface area contributed by atoms with Crippen molar-refractivity contribution < 1.29 is 4.79 Å². The molecule has 1 aromatic heterocycles. The standard InChI is InChI=1S/C23H33N3OS/c1-14-12-16(3)21-20(13-14)28-23(25-21)26-10-8-18(9-11-26)22(27)24-19-7-5-6-15(2)17(19)4/h12-13,15,17-19H,5-11H2,1-4H3,(H,24,27)/t15-,17+,19+/m0/s1. The number of aromatic nitrogens is 1. The lowest BCUT2D eigenvalue weighted by Gasteiger charge is -2.37. The quantitative estimate of drug-likeness (QED) is 0.784. The number of aryl methyl sites for hydroxylation is 2. The molecule has 2 aromatic rings. The smallest absolute Gasteiger partial charge is 0.223 e. The van der Waals surface area contributed by atoms with Crippen molar-refractivity contribution in [2.45, 2.75) is 65.8 Å². The zero-order chi connectivity index (χ0) is 19.8. The van der Waals surface area contributed by atoms with Gasteiger partial charge in [0.1, 0.15) is 0 Å². The van der Waals surface area contributed by atoms with Crippen molar-refractivity contribution in [2.24, 2.45) is 17.8 Å². The van der Waals surface area contributed by atoms with Gasteiger partial charge in [0, 0.05) is 25.0 Å². The monoisotopic (exact) mass is 399 g/mol. The highest BCUT2D eigenvalue weighted by atomic mass is 32.1. The van der Waals surface area contributed by atoms with E-state index >= 15 is 0 Å². The predicted molar refractivity (Wildman–Crippen MR) is 118 cm³/mol. The first-order valence-corrected chi connectivity index (χ1v) is 11.7. The predicted octanol–water partition coefficient (Wildman–Crippen LogP) is 5.07. The van der Waals surface area contributed by atoms with Crippen LogP contribution in [0.3, 0.4) is 0 Å². The number of hydrogen-bond donors (Lipinski definition) is 1. The summed E-state index contributed by atoms with van der Waals surface area (Å²) in [4.78, 5) is 20.1. The van der Waals surface area contributed by atoms with Crippen molar-refractivity contribution in [2.75, 3.05) is 18.0 Å². The summed E-state index contributed by atoms with van der Waals surface area (Å²) in [6.07, 6.45) is 5.53. The maximum absolute atomic E-state index is 12.8. The third-order valence-electron chi connectivity index (χ3n) is 6.99. The Bertz CT molecular complexity index is 853. The second-order valence-corrected chi connectivity index (χ2v) is 10.1. The maximum Gasteiger partial charge on any atom is 0.223 e. The molecule has 4 rings (SSSR count). The molecule has 152 valence electrons. The van der Waals surface area contributed by atoms with Crippen LogP contribution in [0.4, 0.5) is 5.13 Å². The van der Waals surface area contributed by atoms with Gasteiger partial charge >= 0.3 is 0 Å². The van der Waals surface area contributed by atoms with Crippen molar-refractivity contribution in [3.63, 3.8) is 0 Å². The number of fused-ring (bicyclic) bond motifs is 1. The highest BCUT2D eigenvalue weighted by Gasteiger charge is 2.32. The molecular formula is C23H33N3OS. The summed E-state index contributed by atoms with van der Waals surface area (Å²) < 4.78 is 1.27. The van der Waals surface area contributed by atoms with Gasteiger partial charge in [-0.3, -0.25) is 4.79 Å². The van der Waals surface area contributed by atoms with Crippen LogP contribution in [0, 0.1) is 31.6 Å². The van der Waals surface area contributed by atoms with E-state index < -0.39 is 0 Å². The number of carbonyl (C=O) groups is 1. The molecule has 2 heterocycles. The molecule has 5 heteroatoms. The first-order chi connectivity index (χ1) is 13.4. The summed E-state index contributed by atoms with van der Waals surface area (Å²) in [5.74, 6) is 1.74. The fourth-order valence-electron chi connectivity index (χ4n) is 4.91. The number of piperidine rings is 1. The fraction of sp³-hybridized carbons (Fsp3) is 0.652. The Labute approximate surface area is 172 Å². The van der Waals surface area contributed by atoms with E-state index in [0.717, 1.165) is 43.0 Å². The average molecular weight is 400 g/mol. The second-order valence-electron chi connectivity index (χ2n) is 9.07. The molecule has 1 aromatic carbocycles. The first-order valence-electron chi connectivity index (χ1n) is 10.9. The molecule has 4 nitrogen and oxygen atoms in total. The van der Waals surface area contributed by atoms with Crippen molar-refractivity contribution >= 4 is 32.6 Å². The summed E-state index contributed by atoms with van der Waals surface area (Å²) in [6.45, 7) is 10.8. The molecule has 3 atom stereocenters. The number of nitrogens with one attached hydrogen (secondary N) is 1. The van der Waals surface area contributed by atoms with Gasteiger partial charge in [0.25, 0.3) is 0 Å². The van der Waals surface area contributed by atoms with Crippen LogP contribution in [-0.4, -0.2) is 30.0 Å². The highest BCUT2D eigenvalue weighted by molar-refractivity contribution is 7.22. The largest absolute Gasteiger partial charge is 0.353 e. The van der Waals surface area contributed by atoms with Crippen LogP contribution in [-0.2, 0) is 4.79 Å². The van der Waals surface area contributed by atoms with Crippen LogP contribution in [0.25, 0.3) is 10.2 Å². The number of hydrogen-bond acceptors (Lipinski definition) is 4. The van der Waals surface area contributed by atoms with Crippen molar-refractivity contribution in [1.82, 2.24) is 10.3 Å². The van der Waals surface area contributed by atoms with Crippen LogP contribution in [0.5, 0.6) is 0 Å². The summed E-state index contributed by atoms with van der Waals surface area (Å²) >= 11 is 1.79. The normalized spacial score (nSPS) is 26.6. The molecule has 0 spiro atoms. The third-order valence-corrected chi connectivity index (χ3v) is 8.05. The van der Waals surface area contributed by atoms with Gasteiger partial charge in [-0.05, 0) is 62.1 Å². The zero-order valence-corrected chi connectivity index (χ0v) is 18.4. The molecule has 1 saturated carbocycles. The maximum atomic E-state index is 12.8. The molecule has 2 aliphatic rings. The van der Waals surface area contributed by atoms with E-state index in [-0.39, 0.29) is 11.8 Å². The number of nitrogens with zero attached hydrogens (tertiary/aromatic N) is 2. The molecule has 1 N–H and O–H groups in total. The average Bonchev–Trinajstić information content (AvgIpc) is 3.10. The van der Waals surface area contributed by atoms with E-state index in [0.29, 0.717) is 17.9 Å². The first kappa shape index (κ1) is 19.7. The van der Waals surface area contributed by atoms with Gasteiger partial charge in [-0.1, -0.05) is 44.1 Å². The number of amides is 1. The van der Waals surface area contributed by atoms with E-state index in [2.05, 4.69) is 50.0 Å². The van der Waals surface area contributed by atoms with Gasteiger partial charge in [0.15, 0.2) is 5.13 Å². The summed E-state index contributed by atoms with van der Waals surface area (Å²) in [5, 5.41) is 4.50. The summed E-state index contributed by atoms with van der Waals surface area (Å²) in [5.41, 5.74) is 3.68. The number of benzene rings is 1. The Morgan fingerprint density at radius 1 is 1.14 bits per heavy atom. The zero-order valence-electron chi connectivity index (χ0n) is 17.6. The number of anilines is 1. The lowest BCUT2D eigenvalue weighted by atomic mass is 9.78. The molecule has 28 heavy (non-hydrogen) atoms. The Balaban J connectivity index is 1.37. The lowest BCUT2D eigenvalue weighted by Crippen LogP contribution is -2.48. The molecule has 1 saturated heterocycles. The molecule has 0 radical (unpaired) electrons. The van der Waals surface area contributed by atoms with Crippen molar-refractivity contribution in [1.29, 1.82) is 0 Å². The van der Waals surface area contributed by atoms with Gasteiger partial charge in [-0.15, -0.1) is 0 Å². The van der Waals surface area contributed by atoms with Crippen LogP contribution in [0.15, 0.2) is 12.1 Å². The molecule has 2 fully saturated rings.